The lowest BCUT2D eigenvalue weighted by atomic mass is 9.76. The molecule has 4 heteroatoms. The molecule has 1 aromatic carbocycles. The molecular weight excluding hydrogens is 241 g/mol. The van der Waals surface area contributed by atoms with Gasteiger partial charge in [-0.25, -0.2) is 4.39 Å². The molecule has 2 N–H and O–H groups in total. The number of rotatable bonds is 4. The van der Waals surface area contributed by atoms with Gasteiger partial charge in [0.15, 0.2) is 0 Å². The van der Waals surface area contributed by atoms with Gasteiger partial charge in [0.25, 0.3) is 0 Å². The molecule has 0 saturated carbocycles. The van der Waals surface area contributed by atoms with Crippen LogP contribution < -0.4 is 5.73 Å². The van der Waals surface area contributed by atoms with E-state index in [-0.39, 0.29) is 17.3 Å². The molecule has 1 unspecified atom stereocenters. The second-order valence-corrected chi connectivity index (χ2v) is 5.52. The molecule has 0 aliphatic rings. The average Bonchev–Trinajstić information content (AvgIpc) is 2.75. The van der Waals surface area contributed by atoms with Crippen LogP contribution >= 0.6 is 0 Å². The van der Waals surface area contributed by atoms with Crippen molar-refractivity contribution in [3.8, 4) is 0 Å². The molecule has 0 saturated heterocycles. The molecule has 0 fully saturated rings. The van der Waals surface area contributed by atoms with Crippen LogP contribution in [0.4, 0.5) is 4.39 Å². The summed E-state index contributed by atoms with van der Waals surface area (Å²) in [7, 11) is 1.89. The molecular formula is C15H20FN3. The van der Waals surface area contributed by atoms with Crippen molar-refractivity contribution in [2.45, 2.75) is 31.7 Å². The number of nitrogens with two attached hydrogens (primary N) is 1. The third-order valence-corrected chi connectivity index (χ3v) is 3.71. The van der Waals surface area contributed by atoms with E-state index in [1.807, 2.05) is 19.3 Å². The van der Waals surface area contributed by atoms with Crippen LogP contribution in [0.3, 0.4) is 0 Å². The summed E-state index contributed by atoms with van der Waals surface area (Å²) in [4.78, 5) is 0. The van der Waals surface area contributed by atoms with Crippen LogP contribution in [-0.4, -0.2) is 15.8 Å². The highest BCUT2D eigenvalue weighted by Crippen LogP contribution is 2.27. The maximum absolute atomic E-state index is 13.0. The van der Waals surface area contributed by atoms with Crippen LogP contribution in [0.2, 0.25) is 0 Å². The summed E-state index contributed by atoms with van der Waals surface area (Å²) >= 11 is 0. The Bertz CT molecular complexity index is 543. The minimum absolute atomic E-state index is 0.0761. The molecule has 3 nitrogen and oxygen atoms in total. The molecule has 0 spiro atoms. The van der Waals surface area contributed by atoms with E-state index in [0.717, 1.165) is 11.3 Å². The molecule has 1 heterocycles. The Hall–Kier alpha value is -1.68. The second-order valence-electron chi connectivity index (χ2n) is 5.52. The van der Waals surface area contributed by atoms with Crippen molar-refractivity contribution >= 4 is 0 Å². The van der Waals surface area contributed by atoms with Crippen molar-refractivity contribution in [3.63, 3.8) is 0 Å². The van der Waals surface area contributed by atoms with Gasteiger partial charge < -0.3 is 5.73 Å². The normalized spacial score (nSPS) is 13.5. The molecule has 1 aromatic heterocycles. The van der Waals surface area contributed by atoms with E-state index in [2.05, 4.69) is 18.9 Å². The van der Waals surface area contributed by atoms with Crippen LogP contribution in [0.15, 0.2) is 36.5 Å². The van der Waals surface area contributed by atoms with Crippen LogP contribution in [0.1, 0.15) is 25.1 Å². The Kier molecular flexibility index (Phi) is 3.71. The molecule has 0 aliphatic carbocycles. The Balaban J connectivity index is 2.16. The van der Waals surface area contributed by atoms with Gasteiger partial charge in [0.05, 0.1) is 5.69 Å². The third kappa shape index (κ3) is 3.01. The van der Waals surface area contributed by atoms with Gasteiger partial charge in [-0.1, -0.05) is 26.0 Å². The summed E-state index contributed by atoms with van der Waals surface area (Å²) in [6.07, 6.45) is 2.61. The predicted octanol–water partition coefficient (Wildman–Crippen LogP) is 2.41. The smallest absolute Gasteiger partial charge is 0.123 e. The highest BCUT2D eigenvalue weighted by molar-refractivity contribution is 5.27. The van der Waals surface area contributed by atoms with E-state index in [4.69, 9.17) is 5.73 Å². The fraction of sp³-hybridized carbons (Fsp3) is 0.400. The van der Waals surface area contributed by atoms with Crippen molar-refractivity contribution in [1.82, 2.24) is 9.78 Å². The Labute approximate surface area is 113 Å². The zero-order valence-corrected chi connectivity index (χ0v) is 11.6. The maximum Gasteiger partial charge on any atom is 0.123 e. The fourth-order valence-corrected chi connectivity index (χ4v) is 2.15. The lowest BCUT2D eigenvalue weighted by Gasteiger charge is -2.32. The van der Waals surface area contributed by atoms with Crippen LogP contribution in [0.25, 0.3) is 0 Å². The molecule has 0 aliphatic heterocycles. The number of aromatic nitrogens is 2. The molecule has 19 heavy (non-hydrogen) atoms. The molecule has 102 valence electrons. The first-order valence-electron chi connectivity index (χ1n) is 6.40. The quantitative estimate of drug-likeness (QED) is 0.918. The zero-order chi connectivity index (χ0) is 14.0. The van der Waals surface area contributed by atoms with Gasteiger partial charge >= 0.3 is 0 Å². The summed E-state index contributed by atoms with van der Waals surface area (Å²) in [6, 6.07) is 8.45. The average molecular weight is 261 g/mol. The molecule has 1 atom stereocenters. The van der Waals surface area contributed by atoms with Gasteiger partial charge in [0.1, 0.15) is 5.82 Å². The molecule has 0 amide bonds. The van der Waals surface area contributed by atoms with Gasteiger partial charge in [0, 0.05) is 31.1 Å². The number of aryl methyl sites for hydroxylation is 1. The van der Waals surface area contributed by atoms with Gasteiger partial charge in [-0.3, -0.25) is 4.68 Å². The van der Waals surface area contributed by atoms with Crippen LogP contribution in [0, 0.1) is 5.82 Å². The van der Waals surface area contributed by atoms with E-state index >= 15 is 0 Å². The first-order valence-corrected chi connectivity index (χ1v) is 6.40. The highest BCUT2D eigenvalue weighted by Gasteiger charge is 2.29. The molecule has 0 radical (unpaired) electrons. The maximum atomic E-state index is 13.0. The molecule has 0 bridgehead atoms. The van der Waals surface area contributed by atoms with Crippen molar-refractivity contribution in [3.05, 3.63) is 53.6 Å². The highest BCUT2D eigenvalue weighted by atomic mass is 19.1. The third-order valence-electron chi connectivity index (χ3n) is 3.71. The van der Waals surface area contributed by atoms with E-state index in [1.165, 1.54) is 12.1 Å². The standard InChI is InChI=1S/C15H20FN3/c1-15(2,11-4-6-12(16)7-5-11)14(17)10-13-8-9-19(3)18-13/h4-9,14H,10,17H2,1-3H3. The Morgan fingerprint density at radius 2 is 1.89 bits per heavy atom. The van der Waals surface area contributed by atoms with Crippen molar-refractivity contribution in [2.75, 3.05) is 0 Å². The molecule has 2 aromatic rings. The number of hydrogen-bond acceptors (Lipinski definition) is 2. The van der Waals surface area contributed by atoms with Crippen molar-refractivity contribution in [1.29, 1.82) is 0 Å². The summed E-state index contributed by atoms with van der Waals surface area (Å²) in [5, 5.41) is 4.35. The Morgan fingerprint density at radius 1 is 1.26 bits per heavy atom. The number of halogens is 1. The first-order chi connectivity index (χ1) is 8.89. The lowest BCUT2D eigenvalue weighted by Crippen LogP contribution is -2.42. The van der Waals surface area contributed by atoms with E-state index in [9.17, 15) is 4.39 Å². The van der Waals surface area contributed by atoms with Crippen LogP contribution in [-0.2, 0) is 18.9 Å². The minimum Gasteiger partial charge on any atom is -0.327 e. The van der Waals surface area contributed by atoms with E-state index < -0.39 is 0 Å². The van der Waals surface area contributed by atoms with Gasteiger partial charge in [-0.15, -0.1) is 0 Å². The topological polar surface area (TPSA) is 43.8 Å². The zero-order valence-electron chi connectivity index (χ0n) is 11.6. The van der Waals surface area contributed by atoms with Gasteiger partial charge in [-0.05, 0) is 23.8 Å². The second kappa shape index (κ2) is 5.13. The summed E-state index contributed by atoms with van der Waals surface area (Å²) in [5.41, 5.74) is 8.11. The fourth-order valence-electron chi connectivity index (χ4n) is 2.15. The largest absolute Gasteiger partial charge is 0.327 e. The summed E-state index contributed by atoms with van der Waals surface area (Å²) in [5.74, 6) is -0.224. The van der Waals surface area contributed by atoms with E-state index in [0.29, 0.717) is 6.42 Å². The minimum atomic E-state index is -0.231. The monoisotopic (exact) mass is 261 g/mol. The first kappa shape index (κ1) is 13.7. The van der Waals surface area contributed by atoms with Crippen molar-refractivity contribution in [2.24, 2.45) is 12.8 Å². The number of nitrogens with zero attached hydrogens (tertiary/aromatic N) is 2. The predicted molar refractivity (Wildman–Crippen MR) is 74.3 cm³/mol. The SMILES string of the molecule is Cn1ccc(CC(N)C(C)(C)c2ccc(F)cc2)n1. The summed E-state index contributed by atoms with van der Waals surface area (Å²) in [6.45, 7) is 4.15. The molecule has 2 rings (SSSR count). The van der Waals surface area contributed by atoms with Crippen LogP contribution in [0.5, 0.6) is 0 Å². The van der Waals surface area contributed by atoms with Gasteiger partial charge in [-0.2, -0.15) is 5.10 Å². The number of benzene rings is 1. The van der Waals surface area contributed by atoms with Gasteiger partial charge in [0.2, 0.25) is 0 Å². The van der Waals surface area contributed by atoms with E-state index in [1.54, 1.807) is 16.8 Å². The number of hydrogen-bond donors (Lipinski definition) is 1. The van der Waals surface area contributed by atoms with Crippen molar-refractivity contribution < 1.29 is 4.39 Å². The summed E-state index contributed by atoms with van der Waals surface area (Å²) < 4.78 is 14.8. The lowest BCUT2D eigenvalue weighted by molar-refractivity contribution is 0.402. The Morgan fingerprint density at radius 3 is 2.42 bits per heavy atom.